The van der Waals surface area contributed by atoms with Crippen LogP contribution in [-0.4, -0.2) is 50.1 Å². The fraction of sp³-hybridized carbons (Fsp3) is 0.435. The van der Waals surface area contributed by atoms with E-state index >= 15 is 0 Å². The van der Waals surface area contributed by atoms with E-state index in [1.165, 1.54) is 41.1 Å². The summed E-state index contributed by atoms with van der Waals surface area (Å²) < 4.78 is 12.9. The van der Waals surface area contributed by atoms with Crippen LogP contribution < -0.4 is 10.2 Å². The van der Waals surface area contributed by atoms with Crippen molar-refractivity contribution >= 4 is 11.6 Å². The SMILES string of the molecule is Cc1cccc(N2CCN(CCCCNC(=O)c3ccc(F)cc3)CC2)c1C. The van der Waals surface area contributed by atoms with Crippen LogP contribution >= 0.6 is 0 Å². The Morgan fingerprint density at radius 1 is 1.00 bits per heavy atom. The van der Waals surface area contributed by atoms with Gasteiger partial charge in [0.05, 0.1) is 0 Å². The lowest BCUT2D eigenvalue weighted by Gasteiger charge is -2.37. The van der Waals surface area contributed by atoms with Crippen LogP contribution in [0.2, 0.25) is 0 Å². The molecule has 0 radical (unpaired) electrons. The van der Waals surface area contributed by atoms with E-state index in [0.717, 1.165) is 45.6 Å². The minimum absolute atomic E-state index is 0.137. The van der Waals surface area contributed by atoms with Crippen LogP contribution in [0.3, 0.4) is 0 Å². The van der Waals surface area contributed by atoms with Crippen LogP contribution in [-0.2, 0) is 0 Å². The molecule has 28 heavy (non-hydrogen) atoms. The Kier molecular flexibility index (Phi) is 7.04. The molecular weight excluding hydrogens is 353 g/mol. The van der Waals surface area contributed by atoms with E-state index in [-0.39, 0.29) is 11.7 Å². The third-order valence-corrected chi connectivity index (χ3v) is 5.58. The summed E-state index contributed by atoms with van der Waals surface area (Å²) >= 11 is 0. The number of nitrogens with zero attached hydrogens (tertiary/aromatic N) is 2. The predicted molar refractivity (Wildman–Crippen MR) is 113 cm³/mol. The number of amides is 1. The van der Waals surface area contributed by atoms with Gasteiger partial charge < -0.3 is 10.2 Å². The lowest BCUT2D eigenvalue weighted by molar-refractivity contribution is 0.0952. The number of rotatable bonds is 7. The second-order valence-electron chi connectivity index (χ2n) is 7.52. The van der Waals surface area contributed by atoms with E-state index < -0.39 is 0 Å². The standard InChI is InChI=1S/C23H30FN3O/c1-18-6-5-7-22(19(18)2)27-16-14-26(15-17-27)13-4-3-12-25-23(28)20-8-10-21(24)11-9-20/h5-11H,3-4,12-17H2,1-2H3,(H,25,28). The van der Waals surface area contributed by atoms with E-state index in [0.29, 0.717) is 12.1 Å². The van der Waals surface area contributed by atoms with Gasteiger partial charge in [0.2, 0.25) is 0 Å². The number of nitrogens with one attached hydrogen (secondary N) is 1. The zero-order valence-electron chi connectivity index (χ0n) is 16.9. The molecule has 0 atom stereocenters. The molecule has 1 N–H and O–H groups in total. The highest BCUT2D eigenvalue weighted by atomic mass is 19.1. The summed E-state index contributed by atoms with van der Waals surface area (Å²) in [6.07, 6.45) is 2.01. The minimum Gasteiger partial charge on any atom is -0.369 e. The molecule has 0 saturated carbocycles. The van der Waals surface area contributed by atoms with Gasteiger partial charge in [-0.3, -0.25) is 9.69 Å². The molecule has 2 aromatic carbocycles. The lowest BCUT2D eigenvalue weighted by atomic mass is 10.1. The Morgan fingerprint density at radius 3 is 2.43 bits per heavy atom. The number of hydrogen-bond donors (Lipinski definition) is 1. The first-order valence-corrected chi connectivity index (χ1v) is 10.1. The number of aryl methyl sites for hydroxylation is 1. The van der Waals surface area contributed by atoms with Crippen molar-refractivity contribution in [2.24, 2.45) is 0 Å². The second-order valence-corrected chi connectivity index (χ2v) is 7.52. The van der Waals surface area contributed by atoms with Crippen molar-refractivity contribution < 1.29 is 9.18 Å². The van der Waals surface area contributed by atoms with Crippen molar-refractivity contribution in [2.45, 2.75) is 26.7 Å². The van der Waals surface area contributed by atoms with Crippen LogP contribution in [0.5, 0.6) is 0 Å². The number of hydrogen-bond acceptors (Lipinski definition) is 3. The van der Waals surface area contributed by atoms with Gasteiger partial charge in [0, 0.05) is 44.0 Å². The molecule has 0 spiro atoms. The van der Waals surface area contributed by atoms with Crippen molar-refractivity contribution in [3.63, 3.8) is 0 Å². The molecule has 5 heteroatoms. The predicted octanol–water partition coefficient (Wildman–Crippen LogP) is 3.77. The van der Waals surface area contributed by atoms with Gasteiger partial charge in [-0.2, -0.15) is 0 Å². The van der Waals surface area contributed by atoms with Gasteiger partial charge in [-0.25, -0.2) is 4.39 Å². The van der Waals surface area contributed by atoms with E-state index in [1.54, 1.807) is 0 Å². The molecule has 1 heterocycles. The number of halogens is 1. The summed E-state index contributed by atoms with van der Waals surface area (Å²) in [5, 5.41) is 2.91. The van der Waals surface area contributed by atoms with Crippen molar-refractivity contribution in [3.8, 4) is 0 Å². The highest BCUT2D eigenvalue weighted by molar-refractivity contribution is 5.94. The molecule has 0 bridgehead atoms. The summed E-state index contributed by atoms with van der Waals surface area (Å²) in [7, 11) is 0. The normalized spacial score (nSPS) is 14.9. The smallest absolute Gasteiger partial charge is 0.251 e. The van der Waals surface area contributed by atoms with Gasteiger partial charge in [-0.1, -0.05) is 12.1 Å². The lowest BCUT2D eigenvalue weighted by Crippen LogP contribution is -2.47. The molecule has 1 aliphatic rings. The third kappa shape index (κ3) is 5.32. The summed E-state index contributed by atoms with van der Waals surface area (Å²) in [6, 6.07) is 12.2. The van der Waals surface area contributed by atoms with Gasteiger partial charge in [-0.15, -0.1) is 0 Å². The van der Waals surface area contributed by atoms with Crippen molar-refractivity contribution in [1.82, 2.24) is 10.2 Å². The molecule has 2 aromatic rings. The van der Waals surface area contributed by atoms with Gasteiger partial charge in [0.25, 0.3) is 5.91 Å². The average Bonchev–Trinajstić information content (AvgIpc) is 2.71. The third-order valence-electron chi connectivity index (χ3n) is 5.58. The minimum atomic E-state index is -0.325. The molecule has 0 aromatic heterocycles. The number of anilines is 1. The molecule has 1 saturated heterocycles. The monoisotopic (exact) mass is 383 g/mol. The maximum atomic E-state index is 12.9. The Hall–Kier alpha value is -2.40. The van der Waals surface area contributed by atoms with Crippen LogP contribution in [0.4, 0.5) is 10.1 Å². The van der Waals surface area contributed by atoms with E-state index in [4.69, 9.17) is 0 Å². The zero-order valence-corrected chi connectivity index (χ0v) is 16.9. The maximum Gasteiger partial charge on any atom is 0.251 e. The number of unbranched alkanes of at least 4 members (excludes halogenated alkanes) is 1. The van der Waals surface area contributed by atoms with E-state index in [1.807, 2.05) is 0 Å². The topological polar surface area (TPSA) is 35.6 Å². The molecule has 3 rings (SSSR count). The van der Waals surface area contributed by atoms with Crippen LogP contribution in [0.25, 0.3) is 0 Å². The summed E-state index contributed by atoms with van der Waals surface area (Å²) in [4.78, 5) is 17.0. The molecule has 150 valence electrons. The summed E-state index contributed by atoms with van der Waals surface area (Å²) in [5.41, 5.74) is 4.60. The Morgan fingerprint density at radius 2 is 1.71 bits per heavy atom. The molecule has 1 aliphatic heterocycles. The Labute approximate surface area is 167 Å². The van der Waals surface area contributed by atoms with Crippen molar-refractivity contribution in [2.75, 3.05) is 44.2 Å². The Bertz CT molecular complexity index is 783. The first kappa shape index (κ1) is 20.3. The van der Waals surface area contributed by atoms with Crippen molar-refractivity contribution in [1.29, 1.82) is 0 Å². The fourth-order valence-corrected chi connectivity index (χ4v) is 3.66. The largest absolute Gasteiger partial charge is 0.369 e. The van der Waals surface area contributed by atoms with E-state index in [9.17, 15) is 9.18 Å². The van der Waals surface area contributed by atoms with Gasteiger partial charge in [-0.05, 0) is 74.7 Å². The second kappa shape index (κ2) is 9.69. The van der Waals surface area contributed by atoms with Gasteiger partial charge >= 0.3 is 0 Å². The molecule has 1 fully saturated rings. The number of carbonyl (C=O) groups is 1. The Balaban J connectivity index is 1.33. The summed E-state index contributed by atoms with van der Waals surface area (Å²) in [6.45, 7) is 10.4. The molecule has 0 unspecified atom stereocenters. The van der Waals surface area contributed by atoms with Crippen LogP contribution in [0.15, 0.2) is 42.5 Å². The van der Waals surface area contributed by atoms with Crippen molar-refractivity contribution in [3.05, 3.63) is 65.0 Å². The first-order valence-electron chi connectivity index (χ1n) is 10.1. The highest BCUT2D eigenvalue weighted by Crippen LogP contribution is 2.23. The summed E-state index contributed by atoms with van der Waals surface area (Å²) in [5.74, 6) is -0.462. The quantitative estimate of drug-likeness (QED) is 0.739. The van der Waals surface area contributed by atoms with E-state index in [2.05, 4.69) is 47.2 Å². The first-order chi connectivity index (χ1) is 13.5. The highest BCUT2D eigenvalue weighted by Gasteiger charge is 2.18. The van der Waals surface area contributed by atoms with Gasteiger partial charge in [0.15, 0.2) is 0 Å². The molecule has 0 aliphatic carbocycles. The molecule has 1 amide bonds. The zero-order chi connectivity index (χ0) is 19.9. The molecular formula is C23H30FN3O. The number of piperazine rings is 1. The van der Waals surface area contributed by atoms with Crippen LogP contribution in [0.1, 0.15) is 34.3 Å². The number of benzene rings is 2. The fourth-order valence-electron chi connectivity index (χ4n) is 3.66. The molecule has 4 nitrogen and oxygen atoms in total. The van der Waals surface area contributed by atoms with Crippen LogP contribution in [0, 0.1) is 19.7 Å². The van der Waals surface area contributed by atoms with Gasteiger partial charge in [0.1, 0.15) is 5.82 Å². The average molecular weight is 384 g/mol. The maximum absolute atomic E-state index is 12.9. The number of carbonyl (C=O) groups excluding carboxylic acids is 1.